The van der Waals surface area contributed by atoms with Gasteiger partial charge in [0.2, 0.25) is 11.8 Å². The van der Waals surface area contributed by atoms with Crippen LogP contribution in [-0.4, -0.2) is 41.2 Å². The number of benzene rings is 1. The molecule has 0 aromatic heterocycles. The first kappa shape index (κ1) is 20.3. The number of nitrogens with zero attached hydrogens (tertiary/aromatic N) is 1. The van der Waals surface area contributed by atoms with Crippen LogP contribution in [-0.2, 0) is 30.5 Å². The number of ether oxygens (including phenoxy) is 1. The van der Waals surface area contributed by atoms with E-state index < -0.39 is 24.5 Å². The number of halogens is 1. The predicted molar refractivity (Wildman–Crippen MR) is 101 cm³/mol. The molecule has 1 N–H and O–H groups in total. The van der Waals surface area contributed by atoms with Crippen LogP contribution in [0.15, 0.2) is 24.3 Å². The van der Waals surface area contributed by atoms with E-state index in [2.05, 4.69) is 5.32 Å². The molecular formula is C20H23ClN2O5. The van der Waals surface area contributed by atoms with Crippen molar-refractivity contribution >= 4 is 35.3 Å². The summed E-state index contributed by atoms with van der Waals surface area (Å²) < 4.78 is 5.02. The average molecular weight is 407 g/mol. The minimum absolute atomic E-state index is 0.273. The summed E-state index contributed by atoms with van der Waals surface area (Å²) in [5.41, 5.74) is 0.855. The van der Waals surface area contributed by atoms with Gasteiger partial charge in [-0.2, -0.15) is 0 Å². The van der Waals surface area contributed by atoms with Crippen LogP contribution in [0.3, 0.4) is 0 Å². The summed E-state index contributed by atoms with van der Waals surface area (Å²) in [5, 5.41) is 3.23. The molecular weight excluding hydrogens is 384 g/mol. The van der Waals surface area contributed by atoms with E-state index in [0.717, 1.165) is 23.3 Å². The van der Waals surface area contributed by atoms with Crippen LogP contribution in [0.2, 0.25) is 5.02 Å². The molecule has 7 nitrogen and oxygen atoms in total. The Morgan fingerprint density at radius 1 is 1.14 bits per heavy atom. The minimum atomic E-state index is -1.03. The largest absolute Gasteiger partial charge is 0.454 e. The SMILES string of the molecule is C[C@@H](C(=O)OCC(=O)NCc1ccc(Cl)cc1)N1C(=O)[C@H]2CCCC[C@@H]2C1=O. The maximum absolute atomic E-state index is 12.5. The number of rotatable bonds is 6. The molecule has 1 aromatic rings. The Balaban J connectivity index is 1.48. The normalized spacial score (nSPS) is 22.6. The first-order valence-corrected chi connectivity index (χ1v) is 9.81. The maximum atomic E-state index is 12.5. The molecule has 0 radical (unpaired) electrons. The van der Waals surface area contributed by atoms with Crippen molar-refractivity contribution in [1.29, 1.82) is 0 Å². The zero-order valence-corrected chi connectivity index (χ0v) is 16.4. The zero-order chi connectivity index (χ0) is 20.3. The zero-order valence-electron chi connectivity index (χ0n) is 15.7. The third-order valence-corrected chi connectivity index (χ3v) is 5.60. The molecule has 2 fully saturated rings. The molecule has 1 saturated heterocycles. The summed E-state index contributed by atoms with van der Waals surface area (Å²) >= 11 is 5.81. The second kappa shape index (κ2) is 8.73. The van der Waals surface area contributed by atoms with Gasteiger partial charge in [0, 0.05) is 11.6 Å². The molecule has 28 heavy (non-hydrogen) atoms. The van der Waals surface area contributed by atoms with E-state index in [1.165, 1.54) is 6.92 Å². The van der Waals surface area contributed by atoms with E-state index in [1.54, 1.807) is 24.3 Å². The lowest BCUT2D eigenvalue weighted by Gasteiger charge is -2.21. The first-order chi connectivity index (χ1) is 13.4. The minimum Gasteiger partial charge on any atom is -0.454 e. The Labute approximate surface area is 168 Å². The van der Waals surface area contributed by atoms with E-state index >= 15 is 0 Å². The van der Waals surface area contributed by atoms with Crippen LogP contribution in [0.4, 0.5) is 0 Å². The molecule has 0 bridgehead atoms. The van der Waals surface area contributed by atoms with Crippen LogP contribution in [0, 0.1) is 11.8 Å². The Bertz CT molecular complexity index is 755. The number of amides is 3. The van der Waals surface area contributed by atoms with E-state index in [0.29, 0.717) is 17.9 Å². The van der Waals surface area contributed by atoms with Crippen molar-refractivity contribution in [2.45, 2.75) is 45.2 Å². The molecule has 150 valence electrons. The van der Waals surface area contributed by atoms with Gasteiger partial charge in [0.25, 0.3) is 5.91 Å². The number of hydrogen-bond acceptors (Lipinski definition) is 5. The summed E-state index contributed by atoms with van der Waals surface area (Å²) in [6.07, 6.45) is 3.20. The summed E-state index contributed by atoms with van der Waals surface area (Å²) in [5.74, 6) is -2.47. The average Bonchev–Trinajstić information content (AvgIpc) is 2.96. The van der Waals surface area contributed by atoms with Crippen molar-refractivity contribution in [2.24, 2.45) is 11.8 Å². The van der Waals surface area contributed by atoms with Gasteiger partial charge in [-0.15, -0.1) is 0 Å². The van der Waals surface area contributed by atoms with E-state index in [1.807, 2.05) is 0 Å². The molecule has 3 amide bonds. The number of esters is 1. The quantitative estimate of drug-likeness (QED) is 0.576. The number of carbonyl (C=O) groups excluding carboxylic acids is 4. The van der Waals surface area contributed by atoms with Crippen molar-refractivity contribution in [3.63, 3.8) is 0 Å². The fraction of sp³-hybridized carbons (Fsp3) is 0.500. The highest BCUT2D eigenvalue weighted by Crippen LogP contribution is 2.38. The Kier molecular flexibility index (Phi) is 6.34. The molecule has 8 heteroatoms. The second-order valence-electron chi connectivity index (χ2n) is 7.23. The summed E-state index contributed by atoms with van der Waals surface area (Å²) in [6.45, 7) is 1.26. The molecule has 1 heterocycles. The van der Waals surface area contributed by atoms with Crippen molar-refractivity contribution < 1.29 is 23.9 Å². The van der Waals surface area contributed by atoms with Gasteiger partial charge in [-0.1, -0.05) is 36.6 Å². The van der Waals surface area contributed by atoms with Gasteiger partial charge in [0.05, 0.1) is 11.8 Å². The van der Waals surface area contributed by atoms with Crippen molar-refractivity contribution in [3.8, 4) is 0 Å². The highest BCUT2D eigenvalue weighted by molar-refractivity contribution is 6.30. The second-order valence-corrected chi connectivity index (χ2v) is 7.67. The van der Waals surface area contributed by atoms with Crippen molar-refractivity contribution in [1.82, 2.24) is 10.2 Å². The van der Waals surface area contributed by atoms with Gasteiger partial charge >= 0.3 is 5.97 Å². The van der Waals surface area contributed by atoms with Crippen LogP contribution in [0.1, 0.15) is 38.2 Å². The van der Waals surface area contributed by atoms with Crippen LogP contribution in [0.5, 0.6) is 0 Å². The Morgan fingerprint density at radius 2 is 1.71 bits per heavy atom. The fourth-order valence-electron chi connectivity index (χ4n) is 3.79. The lowest BCUT2D eigenvalue weighted by Crippen LogP contribution is -2.45. The third-order valence-electron chi connectivity index (χ3n) is 5.35. The highest BCUT2D eigenvalue weighted by Gasteiger charge is 2.51. The van der Waals surface area contributed by atoms with Crippen LogP contribution in [0.25, 0.3) is 0 Å². The van der Waals surface area contributed by atoms with E-state index in [4.69, 9.17) is 16.3 Å². The van der Waals surface area contributed by atoms with Gasteiger partial charge in [-0.05, 0) is 37.5 Å². The highest BCUT2D eigenvalue weighted by atomic mass is 35.5. The lowest BCUT2D eigenvalue weighted by molar-refractivity contribution is -0.159. The summed E-state index contributed by atoms with van der Waals surface area (Å²) in [7, 11) is 0. The number of nitrogens with one attached hydrogen (secondary N) is 1. The standard InChI is InChI=1S/C20H23ClN2O5/c1-12(23-18(25)15-4-2-3-5-16(15)19(23)26)20(27)28-11-17(24)22-10-13-6-8-14(21)9-7-13/h6-9,12,15-16H,2-5,10-11H2,1H3,(H,22,24)/t12-,15-,16-/m0/s1. The van der Waals surface area contributed by atoms with Crippen LogP contribution < -0.4 is 5.32 Å². The van der Waals surface area contributed by atoms with E-state index in [-0.39, 0.29) is 30.2 Å². The number of carbonyl (C=O) groups is 4. The molecule has 3 atom stereocenters. The Morgan fingerprint density at radius 3 is 2.29 bits per heavy atom. The third kappa shape index (κ3) is 4.35. The van der Waals surface area contributed by atoms with Crippen LogP contribution >= 0.6 is 11.6 Å². The topological polar surface area (TPSA) is 92.8 Å². The number of hydrogen-bond donors (Lipinski definition) is 1. The number of imide groups is 1. The number of fused-ring (bicyclic) bond motifs is 1. The Hall–Kier alpha value is -2.41. The molecule has 1 aromatic carbocycles. The van der Waals surface area contributed by atoms with Gasteiger partial charge < -0.3 is 10.1 Å². The molecule has 1 saturated carbocycles. The summed E-state index contributed by atoms with van der Waals surface area (Å²) in [6, 6.07) is 5.95. The predicted octanol–water partition coefficient (Wildman–Crippen LogP) is 2.06. The first-order valence-electron chi connectivity index (χ1n) is 9.43. The molecule has 0 spiro atoms. The van der Waals surface area contributed by atoms with Gasteiger partial charge in [0.1, 0.15) is 6.04 Å². The molecule has 3 rings (SSSR count). The van der Waals surface area contributed by atoms with Gasteiger partial charge in [-0.3, -0.25) is 19.3 Å². The molecule has 2 aliphatic rings. The van der Waals surface area contributed by atoms with Crippen molar-refractivity contribution in [2.75, 3.05) is 6.61 Å². The fourth-order valence-corrected chi connectivity index (χ4v) is 3.91. The summed E-state index contributed by atoms with van der Waals surface area (Å²) in [4.78, 5) is 50.3. The monoisotopic (exact) mass is 406 g/mol. The molecule has 1 aliphatic heterocycles. The smallest absolute Gasteiger partial charge is 0.329 e. The molecule has 1 aliphatic carbocycles. The van der Waals surface area contributed by atoms with Gasteiger partial charge in [0.15, 0.2) is 6.61 Å². The number of likely N-dealkylation sites (tertiary alicyclic amines) is 1. The van der Waals surface area contributed by atoms with Gasteiger partial charge in [-0.25, -0.2) is 4.79 Å². The van der Waals surface area contributed by atoms with Crippen molar-refractivity contribution in [3.05, 3.63) is 34.9 Å². The molecule has 0 unspecified atom stereocenters. The lowest BCUT2D eigenvalue weighted by atomic mass is 9.81. The van der Waals surface area contributed by atoms with E-state index in [9.17, 15) is 19.2 Å². The maximum Gasteiger partial charge on any atom is 0.329 e.